The van der Waals surface area contributed by atoms with Gasteiger partial charge in [0.05, 0.1) is 17.4 Å². The van der Waals surface area contributed by atoms with E-state index in [0.717, 1.165) is 28.1 Å². The Morgan fingerprint density at radius 2 is 1.61 bits per heavy atom. The number of nitrogens with one attached hydrogen (secondary N) is 2. The van der Waals surface area contributed by atoms with Crippen LogP contribution in [0.15, 0.2) is 103 Å². The zero-order valence-corrected chi connectivity index (χ0v) is 17.1. The number of nitrogens with zero attached hydrogens (tertiary/aromatic N) is 1. The summed E-state index contributed by atoms with van der Waals surface area (Å²) >= 11 is 0. The predicted octanol–water partition coefficient (Wildman–Crippen LogP) is 4.56. The van der Waals surface area contributed by atoms with Crippen molar-refractivity contribution in [3.63, 3.8) is 0 Å². The molecule has 0 fully saturated rings. The fourth-order valence-corrected chi connectivity index (χ4v) is 3.49. The number of hydrogen-bond donors (Lipinski definition) is 3. The zero-order chi connectivity index (χ0) is 21.6. The highest BCUT2D eigenvalue weighted by Gasteiger charge is 2.19. The number of H-pyrrole nitrogens is 1. The second kappa shape index (κ2) is 9.13. The molecule has 1 atom stereocenters. The maximum atomic E-state index is 13.2. The molecule has 5 heteroatoms. The molecule has 0 aliphatic carbocycles. The van der Waals surface area contributed by atoms with E-state index in [0.29, 0.717) is 17.7 Å². The zero-order valence-electron chi connectivity index (χ0n) is 17.1. The second-order valence-corrected chi connectivity index (χ2v) is 7.37. The third-order valence-corrected chi connectivity index (χ3v) is 5.14. The lowest BCUT2D eigenvalue weighted by atomic mass is 10.0. The summed E-state index contributed by atoms with van der Waals surface area (Å²) < 4.78 is 0. The lowest BCUT2D eigenvalue weighted by molar-refractivity contribution is 0.0943. The summed E-state index contributed by atoms with van der Waals surface area (Å²) in [5.74, 6) is -0.209. The van der Waals surface area contributed by atoms with Crippen molar-refractivity contribution in [2.24, 2.45) is 5.73 Å². The van der Waals surface area contributed by atoms with Crippen LogP contribution in [0.3, 0.4) is 0 Å². The van der Waals surface area contributed by atoms with Gasteiger partial charge in [-0.15, -0.1) is 0 Å². The Kier molecular flexibility index (Phi) is 5.94. The van der Waals surface area contributed by atoms with E-state index >= 15 is 0 Å². The van der Waals surface area contributed by atoms with Gasteiger partial charge in [0, 0.05) is 22.4 Å². The molecule has 0 unspecified atom stereocenters. The monoisotopic (exact) mass is 408 g/mol. The van der Waals surface area contributed by atoms with Crippen LogP contribution < -0.4 is 11.1 Å². The lowest BCUT2D eigenvalue weighted by Crippen LogP contribution is -2.40. The van der Waals surface area contributed by atoms with Gasteiger partial charge in [0.25, 0.3) is 5.91 Å². The number of amides is 1. The molecular formula is C26H24N4O. The van der Waals surface area contributed by atoms with Crippen LogP contribution in [-0.4, -0.2) is 22.1 Å². The van der Waals surface area contributed by atoms with Gasteiger partial charge >= 0.3 is 0 Å². The van der Waals surface area contributed by atoms with Crippen LogP contribution in [0, 0.1) is 0 Å². The number of benzene rings is 3. The SMILES string of the molecule is C=C(N)[C@H](Cc1ccccc1)NC(=O)c1ccccc1-c1cc(-c2ccccc2)n[nH]1. The summed E-state index contributed by atoms with van der Waals surface area (Å²) in [7, 11) is 0. The van der Waals surface area contributed by atoms with Crippen LogP contribution in [0.2, 0.25) is 0 Å². The minimum absolute atomic E-state index is 0.209. The number of carbonyl (C=O) groups excluding carboxylic acids is 1. The summed E-state index contributed by atoms with van der Waals surface area (Å²) in [5.41, 5.74) is 11.4. The first-order valence-electron chi connectivity index (χ1n) is 10.1. The van der Waals surface area contributed by atoms with Gasteiger partial charge in [0.2, 0.25) is 0 Å². The Hall–Kier alpha value is -4.12. The van der Waals surface area contributed by atoms with Gasteiger partial charge in [-0.25, -0.2) is 0 Å². The van der Waals surface area contributed by atoms with Crippen LogP contribution in [0.5, 0.6) is 0 Å². The van der Waals surface area contributed by atoms with Crippen LogP contribution in [0.1, 0.15) is 15.9 Å². The van der Waals surface area contributed by atoms with Crippen LogP contribution in [0.25, 0.3) is 22.5 Å². The van der Waals surface area contributed by atoms with E-state index in [9.17, 15) is 4.79 Å². The summed E-state index contributed by atoms with van der Waals surface area (Å²) in [5, 5.41) is 10.5. The molecule has 0 radical (unpaired) electrons. The number of aromatic nitrogens is 2. The van der Waals surface area contributed by atoms with Gasteiger partial charge in [0.1, 0.15) is 0 Å². The lowest BCUT2D eigenvalue weighted by Gasteiger charge is -2.19. The van der Waals surface area contributed by atoms with Gasteiger partial charge in [-0.3, -0.25) is 9.89 Å². The maximum absolute atomic E-state index is 13.2. The van der Waals surface area contributed by atoms with E-state index in [1.807, 2.05) is 84.9 Å². The maximum Gasteiger partial charge on any atom is 0.252 e. The normalized spacial score (nSPS) is 11.6. The van der Waals surface area contributed by atoms with Gasteiger partial charge in [-0.2, -0.15) is 5.10 Å². The number of rotatable bonds is 7. The molecule has 0 aliphatic rings. The molecule has 4 N–H and O–H groups in total. The molecule has 1 aromatic heterocycles. The number of carbonyl (C=O) groups is 1. The highest BCUT2D eigenvalue weighted by atomic mass is 16.1. The van der Waals surface area contributed by atoms with Gasteiger partial charge < -0.3 is 11.1 Å². The quantitative estimate of drug-likeness (QED) is 0.419. The predicted molar refractivity (Wildman–Crippen MR) is 124 cm³/mol. The molecule has 0 spiro atoms. The first-order chi connectivity index (χ1) is 15.1. The van der Waals surface area contributed by atoms with Crippen molar-refractivity contribution in [3.05, 3.63) is 114 Å². The molecule has 5 nitrogen and oxygen atoms in total. The third kappa shape index (κ3) is 4.73. The topological polar surface area (TPSA) is 83.8 Å². The molecule has 0 saturated heterocycles. The average molecular weight is 409 g/mol. The Bertz CT molecular complexity index is 1180. The molecule has 4 rings (SSSR count). The largest absolute Gasteiger partial charge is 0.401 e. The van der Waals surface area contributed by atoms with Crippen molar-refractivity contribution in [2.45, 2.75) is 12.5 Å². The van der Waals surface area contributed by atoms with Crippen molar-refractivity contribution in [3.8, 4) is 22.5 Å². The molecular weight excluding hydrogens is 384 g/mol. The van der Waals surface area contributed by atoms with Crippen molar-refractivity contribution in [1.82, 2.24) is 15.5 Å². The molecule has 1 heterocycles. The fraction of sp³-hybridized carbons (Fsp3) is 0.0769. The highest BCUT2D eigenvalue weighted by molar-refractivity contribution is 6.01. The van der Waals surface area contributed by atoms with E-state index < -0.39 is 0 Å². The highest BCUT2D eigenvalue weighted by Crippen LogP contribution is 2.26. The minimum Gasteiger partial charge on any atom is -0.401 e. The van der Waals surface area contributed by atoms with Crippen LogP contribution in [0.4, 0.5) is 0 Å². The Labute approximate surface area is 181 Å². The van der Waals surface area contributed by atoms with E-state index in [1.165, 1.54) is 0 Å². The molecule has 0 aliphatic heterocycles. The molecule has 0 saturated carbocycles. The Morgan fingerprint density at radius 1 is 0.968 bits per heavy atom. The molecule has 154 valence electrons. The molecule has 31 heavy (non-hydrogen) atoms. The van der Waals surface area contributed by atoms with Crippen molar-refractivity contribution in [1.29, 1.82) is 0 Å². The molecule has 4 aromatic rings. The van der Waals surface area contributed by atoms with E-state index in [1.54, 1.807) is 6.07 Å². The summed E-state index contributed by atoms with van der Waals surface area (Å²) in [6, 6.07) is 28.8. The molecule has 3 aromatic carbocycles. The first kappa shape index (κ1) is 20.2. The first-order valence-corrected chi connectivity index (χ1v) is 10.1. The third-order valence-electron chi connectivity index (χ3n) is 5.14. The standard InChI is InChI=1S/C26H24N4O/c1-18(27)23(16-19-10-4-2-5-11-19)28-26(31)22-15-9-8-14-21(22)25-17-24(29-30-25)20-12-6-3-7-13-20/h2-15,17,23H,1,16,27H2,(H,28,31)(H,29,30)/t23-/m0/s1. The minimum atomic E-state index is -0.371. The fourth-order valence-electron chi connectivity index (χ4n) is 3.49. The van der Waals surface area contributed by atoms with Gasteiger partial charge in [-0.1, -0.05) is 85.4 Å². The number of hydrogen-bond acceptors (Lipinski definition) is 3. The van der Waals surface area contributed by atoms with Gasteiger partial charge in [0.15, 0.2) is 0 Å². The summed E-state index contributed by atoms with van der Waals surface area (Å²) in [6.45, 7) is 3.86. The summed E-state index contributed by atoms with van der Waals surface area (Å²) in [6.07, 6.45) is 0.576. The average Bonchev–Trinajstić information content (AvgIpc) is 3.30. The van der Waals surface area contributed by atoms with Gasteiger partial charge in [-0.05, 0) is 24.1 Å². The molecule has 1 amide bonds. The smallest absolute Gasteiger partial charge is 0.252 e. The van der Waals surface area contributed by atoms with E-state index in [-0.39, 0.29) is 11.9 Å². The van der Waals surface area contributed by atoms with Crippen LogP contribution in [-0.2, 0) is 6.42 Å². The Morgan fingerprint density at radius 3 is 2.32 bits per heavy atom. The van der Waals surface area contributed by atoms with E-state index in [4.69, 9.17) is 5.73 Å². The second-order valence-electron chi connectivity index (χ2n) is 7.37. The van der Waals surface area contributed by atoms with Crippen molar-refractivity contribution in [2.75, 3.05) is 0 Å². The van der Waals surface area contributed by atoms with Crippen LogP contribution >= 0.6 is 0 Å². The van der Waals surface area contributed by atoms with E-state index in [2.05, 4.69) is 22.1 Å². The molecule has 0 bridgehead atoms. The number of aromatic amines is 1. The Balaban J connectivity index is 1.58. The number of nitrogens with two attached hydrogens (primary N) is 1. The van der Waals surface area contributed by atoms with Crippen molar-refractivity contribution >= 4 is 5.91 Å². The summed E-state index contributed by atoms with van der Waals surface area (Å²) in [4.78, 5) is 13.2. The van der Waals surface area contributed by atoms with Crippen molar-refractivity contribution < 1.29 is 4.79 Å².